The molecule has 0 bridgehead atoms. The Morgan fingerprint density at radius 1 is 1.11 bits per heavy atom. The van der Waals surface area contributed by atoms with Gasteiger partial charge in [-0.3, -0.25) is 15.5 Å². The van der Waals surface area contributed by atoms with Gasteiger partial charge in [0, 0.05) is 60.8 Å². The fourth-order valence-electron chi connectivity index (χ4n) is 4.34. The topological polar surface area (TPSA) is 136 Å². The zero-order valence-electron chi connectivity index (χ0n) is 20.3. The first-order valence-electron chi connectivity index (χ1n) is 11.6. The van der Waals surface area contributed by atoms with E-state index >= 15 is 0 Å². The van der Waals surface area contributed by atoms with Crippen molar-refractivity contribution >= 4 is 60.6 Å². The summed E-state index contributed by atoms with van der Waals surface area (Å²) in [6.07, 6.45) is 0.0830. The molecule has 0 aliphatic carbocycles. The number of thiophene rings is 1. The van der Waals surface area contributed by atoms with Crippen LogP contribution < -0.4 is 5.32 Å². The number of benzene rings is 1. The molecule has 0 saturated carbocycles. The number of carbonyl (C=O) groups is 2. The number of methoxy groups -OCH3 is 1. The van der Waals surface area contributed by atoms with Crippen molar-refractivity contribution in [1.29, 1.82) is 5.41 Å². The minimum atomic E-state index is -3.75. The van der Waals surface area contributed by atoms with E-state index in [-0.39, 0.29) is 29.0 Å². The van der Waals surface area contributed by atoms with E-state index in [2.05, 4.69) is 19.9 Å². The molecule has 2 aromatic heterocycles. The maximum atomic E-state index is 13.4. The van der Waals surface area contributed by atoms with Crippen molar-refractivity contribution < 1.29 is 22.7 Å². The molecule has 0 spiro atoms. The zero-order valence-corrected chi connectivity index (χ0v) is 22.8. The molecule has 196 valence electrons. The van der Waals surface area contributed by atoms with Gasteiger partial charge in [0.2, 0.25) is 0 Å². The normalized spacial score (nSPS) is 17.0. The number of alkyl carbamates (subject to hydrolysis) is 1. The van der Waals surface area contributed by atoms with Crippen molar-refractivity contribution in [1.82, 2.24) is 24.4 Å². The number of piperazine rings is 1. The van der Waals surface area contributed by atoms with Crippen molar-refractivity contribution in [2.45, 2.75) is 17.2 Å². The Kier molecular flexibility index (Phi) is 7.02. The summed E-state index contributed by atoms with van der Waals surface area (Å²) in [5.41, 5.74) is 1.43. The number of hydrogen-bond donors (Lipinski definition) is 2. The Balaban J connectivity index is 1.26. The number of nitrogens with zero attached hydrogens (tertiary/aromatic N) is 4. The lowest BCUT2D eigenvalue weighted by molar-refractivity contribution is 0.0697. The smallest absolute Gasteiger partial charge is 0.412 e. The number of amides is 2. The SMILES string of the molecule is COC(=O)NC(=N)c1ccc2sc(S(=O)(=O)N3CCN(C(=O)c4nc5c(s4)CN(C)CC5)CC3)cc2c1. The van der Waals surface area contributed by atoms with Crippen LogP contribution in [0.2, 0.25) is 0 Å². The van der Waals surface area contributed by atoms with E-state index < -0.39 is 16.1 Å². The fraction of sp³-hybridized carbons (Fsp3) is 0.391. The van der Waals surface area contributed by atoms with Crippen molar-refractivity contribution in [2.75, 3.05) is 46.9 Å². The van der Waals surface area contributed by atoms with Gasteiger partial charge in [-0.1, -0.05) is 0 Å². The number of hydrogen-bond acceptors (Lipinski definition) is 10. The Morgan fingerprint density at radius 3 is 2.59 bits per heavy atom. The van der Waals surface area contributed by atoms with Gasteiger partial charge in [0.25, 0.3) is 15.9 Å². The molecule has 0 unspecified atom stereocenters. The molecule has 1 saturated heterocycles. The minimum Gasteiger partial charge on any atom is -0.453 e. The van der Waals surface area contributed by atoms with Crippen LogP contribution in [0.1, 0.15) is 25.9 Å². The van der Waals surface area contributed by atoms with Crippen LogP contribution in [0, 0.1) is 5.41 Å². The molecule has 1 aromatic carbocycles. The second-order valence-corrected chi connectivity index (χ2v) is 13.2. The summed E-state index contributed by atoms with van der Waals surface area (Å²) >= 11 is 2.59. The van der Waals surface area contributed by atoms with E-state index in [1.165, 1.54) is 22.8 Å². The quantitative estimate of drug-likeness (QED) is 0.367. The van der Waals surface area contributed by atoms with Gasteiger partial charge in [0.05, 0.1) is 12.8 Å². The van der Waals surface area contributed by atoms with Gasteiger partial charge in [0.15, 0.2) is 5.01 Å². The first-order chi connectivity index (χ1) is 17.7. The van der Waals surface area contributed by atoms with Crippen LogP contribution in [-0.4, -0.2) is 92.2 Å². The van der Waals surface area contributed by atoms with Gasteiger partial charge in [0.1, 0.15) is 10.0 Å². The summed E-state index contributed by atoms with van der Waals surface area (Å²) in [6.45, 7) is 2.73. The molecule has 11 nitrogen and oxygen atoms in total. The number of fused-ring (bicyclic) bond motifs is 2. The second kappa shape index (κ2) is 10.1. The van der Waals surface area contributed by atoms with Crippen LogP contribution in [-0.2, 0) is 27.7 Å². The number of amidine groups is 1. The van der Waals surface area contributed by atoms with Gasteiger partial charge in [-0.2, -0.15) is 4.31 Å². The molecule has 4 heterocycles. The summed E-state index contributed by atoms with van der Waals surface area (Å²) in [6, 6.07) is 6.61. The predicted octanol–water partition coefficient (Wildman–Crippen LogP) is 2.17. The molecule has 0 radical (unpaired) electrons. The van der Waals surface area contributed by atoms with Crippen LogP contribution >= 0.6 is 22.7 Å². The third kappa shape index (κ3) is 5.11. The number of carbonyl (C=O) groups excluding carboxylic acids is 2. The standard InChI is InChI=1S/C23H26N6O5S3/c1-27-6-5-16-18(13-27)36-21(25-16)22(30)28-7-9-29(10-8-28)37(32,33)19-12-15-11-14(3-4-17(15)35-19)20(24)26-23(31)34-2/h3-4,11-12H,5-10,13H2,1-2H3,(H2,24,26,31). The third-order valence-electron chi connectivity index (χ3n) is 6.42. The summed E-state index contributed by atoms with van der Waals surface area (Å²) < 4.78 is 33.6. The number of nitrogens with one attached hydrogen (secondary N) is 2. The summed E-state index contributed by atoms with van der Waals surface area (Å²) in [7, 11) is -0.491. The Hall–Kier alpha value is -2.91. The van der Waals surface area contributed by atoms with Crippen molar-refractivity contribution in [3.05, 3.63) is 45.4 Å². The van der Waals surface area contributed by atoms with Crippen LogP contribution in [0.4, 0.5) is 4.79 Å². The number of rotatable bonds is 4. The monoisotopic (exact) mass is 562 g/mol. The summed E-state index contributed by atoms with van der Waals surface area (Å²) in [5, 5.41) is 11.5. The Bertz CT molecular complexity index is 1490. The highest BCUT2D eigenvalue weighted by Gasteiger charge is 2.33. The maximum absolute atomic E-state index is 13.4. The molecule has 2 aliphatic heterocycles. The highest BCUT2D eigenvalue weighted by molar-refractivity contribution is 7.91. The lowest BCUT2D eigenvalue weighted by Gasteiger charge is -2.33. The van der Waals surface area contributed by atoms with E-state index in [4.69, 9.17) is 5.41 Å². The van der Waals surface area contributed by atoms with E-state index in [9.17, 15) is 18.0 Å². The molecule has 3 aromatic rings. The number of thiazole rings is 1. The molecule has 37 heavy (non-hydrogen) atoms. The predicted molar refractivity (Wildman–Crippen MR) is 141 cm³/mol. The first kappa shape index (κ1) is 25.7. The molecule has 14 heteroatoms. The average molecular weight is 563 g/mol. The van der Waals surface area contributed by atoms with Gasteiger partial charge in [-0.15, -0.1) is 22.7 Å². The lowest BCUT2D eigenvalue weighted by Crippen LogP contribution is -2.50. The molecule has 2 aliphatic rings. The second-order valence-electron chi connectivity index (χ2n) is 8.88. The van der Waals surface area contributed by atoms with E-state index in [0.29, 0.717) is 29.0 Å². The number of ether oxygens (including phenoxy) is 1. The van der Waals surface area contributed by atoms with Crippen LogP contribution in [0.15, 0.2) is 28.5 Å². The molecule has 1 fully saturated rings. The van der Waals surface area contributed by atoms with Crippen molar-refractivity contribution in [3.63, 3.8) is 0 Å². The van der Waals surface area contributed by atoms with Gasteiger partial charge in [-0.25, -0.2) is 18.2 Å². The molecule has 0 atom stereocenters. The van der Waals surface area contributed by atoms with E-state index in [1.807, 2.05) is 7.05 Å². The van der Waals surface area contributed by atoms with Gasteiger partial charge >= 0.3 is 6.09 Å². The molecular weight excluding hydrogens is 536 g/mol. The largest absolute Gasteiger partial charge is 0.453 e. The van der Waals surface area contributed by atoms with Crippen molar-refractivity contribution in [3.8, 4) is 0 Å². The number of aromatic nitrogens is 1. The number of sulfonamides is 1. The van der Waals surface area contributed by atoms with Crippen LogP contribution in [0.25, 0.3) is 10.1 Å². The Labute approximate surface area is 222 Å². The summed E-state index contributed by atoms with van der Waals surface area (Å²) in [5.74, 6) is -0.283. The van der Waals surface area contributed by atoms with Gasteiger partial charge in [-0.05, 0) is 36.7 Å². The average Bonchev–Trinajstić information content (AvgIpc) is 3.52. The van der Waals surface area contributed by atoms with Crippen LogP contribution in [0.3, 0.4) is 0 Å². The zero-order chi connectivity index (χ0) is 26.3. The fourth-order valence-corrected chi connectivity index (χ4v) is 8.45. The summed E-state index contributed by atoms with van der Waals surface area (Å²) in [4.78, 5) is 34.0. The minimum absolute atomic E-state index is 0.141. The molecule has 5 rings (SSSR count). The highest BCUT2D eigenvalue weighted by atomic mass is 32.2. The Morgan fingerprint density at radius 2 is 1.86 bits per heavy atom. The van der Waals surface area contributed by atoms with Gasteiger partial charge < -0.3 is 14.5 Å². The maximum Gasteiger partial charge on any atom is 0.412 e. The first-order valence-corrected chi connectivity index (χ1v) is 14.7. The lowest BCUT2D eigenvalue weighted by atomic mass is 10.1. The molecule has 2 amide bonds. The highest BCUT2D eigenvalue weighted by Crippen LogP contribution is 2.32. The van der Waals surface area contributed by atoms with E-state index in [0.717, 1.165) is 46.1 Å². The number of likely N-dealkylation sites (N-methyl/N-ethyl adjacent to an activating group) is 1. The van der Waals surface area contributed by atoms with Crippen LogP contribution in [0.5, 0.6) is 0 Å². The third-order valence-corrected chi connectivity index (χ3v) is 11.0. The molecule has 2 N–H and O–H groups in total. The molecular formula is C23H26N6O5S3. The van der Waals surface area contributed by atoms with E-state index in [1.54, 1.807) is 29.2 Å². The van der Waals surface area contributed by atoms with Crippen molar-refractivity contribution in [2.24, 2.45) is 0 Å².